The average molecular weight is 514 g/mol. The second-order valence-corrected chi connectivity index (χ2v) is 9.72. The predicted octanol–water partition coefficient (Wildman–Crippen LogP) is 3.62. The Bertz CT molecular complexity index is 1060. The summed E-state index contributed by atoms with van der Waals surface area (Å²) in [5.41, 5.74) is 3.99. The van der Waals surface area contributed by atoms with Crippen LogP contribution in [0, 0.1) is 11.8 Å². The molecule has 8 nitrogen and oxygen atoms in total. The van der Waals surface area contributed by atoms with Gasteiger partial charge in [0.1, 0.15) is 12.8 Å². The van der Waals surface area contributed by atoms with Crippen molar-refractivity contribution >= 4 is 29.1 Å². The van der Waals surface area contributed by atoms with Crippen molar-refractivity contribution in [1.29, 1.82) is 0 Å². The molecule has 1 aliphatic carbocycles. The minimum atomic E-state index is -0.243. The summed E-state index contributed by atoms with van der Waals surface area (Å²) in [7, 11) is 1.93. The Kier molecular flexibility index (Phi) is 11.1. The van der Waals surface area contributed by atoms with E-state index < -0.39 is 0 Å². The highest BCUT2D eigenvalue weighted by atomic mass is 16.5. The number of aromatic nitrogens is 1. The highest BCUT2D eigenvalue weighted by Gasteiger charge is 2.32. The minimum Gasteiger partial charge on any atom is -0.465 e. The van der Waals surface area contributed by atoms with E-state index in [0.29, 0.717) is 30.6 Å². The van der Waals surface area contributed by atoms with Gasteiger partial charge >= 0.3 is 5.97 Å². The van der Waals surface area contributed by atoms with Crippen LogP contribution in [0.5, 0.6) is 0 Å². The number of rotatable bonds is 9. The number of benzene rings is 1. The number of carbonyl (C=O) groups excluding carboxylic acids is 3. The Labute approximate surface area is 220 Å². The Balaban J connectivity index is 0.000000886. The molecular weight excluding hydrogens is 470 g/mol. The average Bonchev–Trinajstić information content (AvgIpc) is 3.24. The third-order valence-electron chi connectivity index (χ3n) is 7.59. The summed E-state index contributed by atoms with van der Waals surface area (Å²) in [6.07, 6.45) is 5.93. The van der Waals surface area contributed by atoms with Gasteiger partial charge < -0.3 is 29.1 Å². The van der Waals surface area contributed by atoms with E-state index in [1.165, 1.54) is 11.3 Å². The lowest BCUT2D eigenvalue weighted by molar-refractivity contribution is -0.143. The second-order valence-electron chi connectivity index (χ2n) is 9.72. The first-order chi connectivity index (χ1) is 18.0. The minimum absolute atomic E-state index is 0.0845. The first-order valence-electron chi connectivity index (χ1n) is 13.7. The summed E-state index contributed by atoms with van der Waals surface area (Å²) >= 11 is 0. The van der Waals surface area contributed by atoms with Gasteiger partial charge in [0.15, 0.2) is 0 Å². The van der Waals surface area contributed by atoms with Crippen molar-refractivity contribution in [3.05, 3.63) is 35.0 Å². The smallest absolute Gasteiger partial charge is 0.325 e. The molecule has 0 bridgehead atoms. The molecule has 204 valence electrons. The third-order valence-corrected chi connectivity index (χ3v) is 7.59. The monoisotopic (exact) mass is 513 g/mol. The van der Waals surface area contributed by atoms with Crippen LogP contribution in [-0.4, -0.2) is 74.1 Å². The van der Waals surface area contributed by atoms with Crippen LogP contribution < -0.4 is 5.32 Å². The first-order valence-corrected chi connectivity index (χ1v) is 13.7. The molecule has 1 N–H and O–H groups in total. The number of likely N-dealkylation sites (N-methyl/N-ethyl adjacent to an activating group) is 1. The van der Waals surface area contributed by atoms with Gasteiger partial charge in [-0.2, -0.15) is 0 Å². The van der Waals surface area contributed by atoms with Gasteiger partial charge in [-0.1, -0.05) is 6.92 Å². The lowest BCUT2D eigenvalue weighted by atomic mass is 9.75. The molecule has 0 spiro atoms. The van der Waals surface area contributed by atoms with Crippen LogP contribution in [0.3, 0.4) is 0 Å². The van der Waals surface area contributed by atoms with Crippen LogP contribution in [0.1, 0.15) is 61.6 Å². The molecule has 8 heteroatoms. The van der Waals surface area contributed by atoms with Gasteiger partial charge in [0.25, 0.3) is 5.91 Å². The molecule has 1 aromatic carbocycles. The highest BCUT2D eigenvalue weighted by Crippen LogP contribution is 2.40. The van der Waals surface area contributed by atoms with Gasteiger partial charge in [0.2, 0.25) is 0 Å². The van der Waals surface area contributed by atoms with Crippen molar-refractivity contribution in [3.8, 4) is 0 Å². The molecule has 1 amide bonds. The summed E-state index contributed by atoms with van der Waals surface area (Å²) in [6, 6.07) is 5.71. The third kappa shape index (κ3) is 6.99. The number of fused-ring (bicyclic) bond motifs is 3. The molecule has 1 saturated heterocycles. The van der Waals surface area contributed by atoms with Crippen LogP contribution >= 0.6 is 0 Å². The van der Waals surface area contributed by atoms with Crippen LogP contribution in [0.4, 0.5) is 0 Å². The molecule has 0 saturated carbocycles. The fourth-order valence-electron chi connectivity index (χ4n) is 5.54. The Morgan fingerprint density at radius 2 is 1.89 bits per heavy atom. The number of nitrogens with zero attached hydrogens (tertiary/aromatic N) is 2. The van der Waals surface area contributed by atoms with Crippen LogP contribution in [-0.2, 0) is 38.4 Å². The summed E-state index contributed by atoms with van der Waals surface area (Å²) < 4.78 is 12.9. The number of ether oxygens (including phenoxy) is 2. The lowest BCUT2D eigenvalue weighted by Gasteiger charge is -2.33. The first kappa shape index (κ1) is 28.9. The number of esters is 1. The van der Waals surface area contributed by atoms with Gasteiger partial charge in [0.05, 0.1) is 13.2 Å². The molecule has 1 aromatic heterocycles. The molecule has 1 fully saturated rings. The van der Waals surface area contributed by atoms with Crippen molar-refractivity contribution in [1.82, 2.24) is 14.8 Å². The van der Waals surface area contributed by atoms with E-state index in [9.17, 15) is 14.4 Å². The molecule has 4 rings (SSSR count). The van der Waals surface area contributed by atoms with E-state index in [-0.39, 0.29) is 25.0 Å². The van der Waals surface area contributed by atoms with E-state index >= 15 is 0 Å². The summed E-state index contributed by atoms with van der Waals surface area (Å²) in [5.74, 6) is 0.857. The maximum atomic E-state index is 13.0. The molecule has 2 heterocycles. The maximum Gasteiger partial charge on any atom is 0.325 e. The zero-order valence-corrected chi connectivity index (χ0v) is 22.9. The SMILES string of the molecule is CCNC.CCOC(=O)Cn1c2c(c3cc(C(=O)N(CC)CC=O)ccc31)CC(C1CCOCC1)CC2. The van der Waals surface area contributed by atoms with Crippen molar-refractivity contribution in [2.45, 2.75) is 59.4 Å². The summed E-state index contributed by atoms with van der Waals surface area (Å²) in [5, 5.41) is 3.97. The number of hydrogen-bond acceptors (Lipinski definition) is 6. The fourth-order valence-corrected chi connectivity index (χ4v) is 5.54. The van der Waals surface area contributed by atoms with Crippen molar-refractivity contribution in [3.63, 3.8) is 0 Å². The van der Waals surface area contributed by atoms with Crippen LogP contribution in [0.2, 0.25) is 0 Å². The van der Waals surface area contributed by atoms with E-state index in [0.717, 1.165) is 69.1 Å². The number of amides is 1. The topological polar surface area (TPSA) is 89.9 Å². The Morgan fingerprint density at radius 3 is 2.51 bits per heavy atom. The molecule has 1 atom stereocenters. The van der Waals surface area contributed by atoms with Gasteiger partial charge in [-0.15, -0.1) is 0 Å². The standard InChI is InChI=1S/C26H34N2O5.C3H9N/c1-3-27(11-12-29)26(31)20-6-8-24-22(16-20)21-15-19(18-9-13-32-14-10-18)5-7-23(21)28(24)17-25(30)33-4-2;1-3-4-2/h6,8,12,16,18-19H,3-5,7,9-11,13-15,17H2,1-2H3;4H,3H2,1-2H3. The van der Waals surface area contributed by atoms with E-state index in [1.54, 1.807) is 11.0 Å². The summed E-state index contributed by atoms with van der Waals surface area (Å²) in [6.45, 7) is 9.59. The zero-order chi connectivity index (χ0) is 26.8. The van der Waals surface area contributed by atoms with Crippen LogP contribution in [0.25, 0.3) is 10.9 Å². The lowest BCUT2D eigenvalue weighted by Crippen LogP contribution is -2.32. The molecule has 37 heavy (non-hydrogen) atoms. The zero-order valence-electron chi connectivity index (χ0n) is 22.9. The largest absolute Gasteiger partial charge is 0.465 e. The molecular formula is C29H43N3O5. The van der Waals surface area contributed by atoms with Gasteiger partial charge in [-0.3, -0.25) is 9.59 Å². The molecule has 1 unspecified atom stereocenters. The van der Waals surface area contributed by atoms with Crippen LogP contribution in [0.15, 0.2) is 18.2 Å². The quantitative estimate of drug-likeness (QED) is 0.407. The second kappa shape index (κ2) is 14.3. The number of carbonyl (C=O) groups is 3. The van der Waals surface area contributed by atoms with Crippen molar-refractivity contribution in [2.75, 3.05) is 46.5 Å². The molecule has 2 aromatic rings. The number of hydrogen-bond donors (Lipinski definition) is 1. The highest BCUT2D eigenvalue weighted by molar-refractivity contribution is 6.00. The van der Waals surface area contributed by atoms with Crippen molar-refractivity contribution < 1.29 is 23.9 Å². The number of aldehydes is 1. The Hall–Kier alpha value is -2.71. The Morgan fingerprint density at radius 1 is 1.16 bits per heavy atom. The van der Waals surface area contributed by atoms with Crippen molar-refractivity contribution in [2.24, 2.45) is 11.8 Å². The molecule has 1 aliphatic heterocycles. The van der Waals surface area contributed by atoms with Gasteiger partial charge in [-0.05, 0) is 95.1 Å². The number of nitrogens with one attached hydrogen (secondary N) is 1. The molecule has 0 radical (unpaired) electrons. The normalized spacial score (nSPS) is 17.5. The predicted molar refractivity (Wildman–Crippen MR) is 145 cm³/mol. The van der Waals surface area contributed by atoms with E-state index in [2.05, 4.69) is 16.8 Å². The van der Waals surface area contributed by atoms with Gasteiger partial charge in [-0.25, -0.2) is 0 Å². The summed E-state index contributed by atoms with van der Waals surface area (Å²) in [4.78, 5) is 38.0. The van der Waals surface area contributed by atoms with E-state index in [4.69, 9.17) is 9.47 Å². The maximum absolute atomic E-state index is 13.0. The fraction of sp³-hybridized carbons (Fsp3) is 0.621. The van der Waals surface area contributed by atoms with E-state index in [1.807, 2.05) is 33.0 Å². The molecule has 2 aliphatic rings. The van der Waals surface area contributed by atoms with Gasteiger partial charge in [0, 0.05) is 41.9 Å².